The molecule has 2 N–H and O–H groups in total. The first-order valence-corrected chi connectivity index (χ1v) is 3.37. The van der Waals surface area contributed by atoms with Crippen molar-refractivity contribution in [1.82, 2.24) is 10.2 Å². The van der Waals surface area contributed by atoms with Gasteiger partial charge in [0.1, 0.15) is 0 Å². The Labute approximate surface area is 50.5 Å². The second-order valence-corrected chi connectivity index (χ2v) is 2.16. The van der Waals surface area contributed by atoms with Crippen LogP contribution in [0.2, 0.25) is 0 Å². The Morgan fingerprint density at radius 3 is 2.75 bits per heavy atom. The largest absolute Gasteiger partial charge is 0.304 e. The standard InChI is InChI=1S/C4H6N2OS/c1-8-3-2-5-6-4(3)7/h2H,1H3,(H2,5,6,7). The molecule has 0 amide bonds. The van der Waals surface area contributed by atoms with E-state index in [2.05, 4.69) is 10.2 Å². The Morgan fingerprint density at radius 1 is 1.75 bits per heavy atom. The molecule has 8 heavy (non-hydrogen) atoms. The molecule has 0 aromatic carbocycles. The smallest absolute Gasteiger partial charge is 0.277 e. The summed E-state index contributed by atoms with van der Waals surface area (Å²) < 4.78 is 0. The van der Waals surface area contributed by atoms with Crippen LogP contribution in [-0.2, 0) is 0 Å². The molecule has 1 heterocycles. The molecule has 3 nitrogen and oxygen atoms in total. The minimum atomic E-state index is -0.0440. The third kappa shape index (κ3) is 0.790. The summed E-state index contributed by atoms with van der Waals surface area (Å²) in [6, 6.07) is 0. The van der Waals surface area contributed by atoms with E-state index in [1.165, 1.54) is 11.8 Å². The molecular weight excluding hydrogens is 124 g/mol. The zero-order valence-electron chi connectivity index (χ0n) is 4.39. The van der Waals surface area contributed by atoms with Crippen LogP contribution in [0, 0.1) is 0 Å². The number of aromatic amines is 2. The molecule has 44 valence electrons. The summed E-state index contributed by atoms with van der Waals surface area (Å²) in [6.07, 6.45) is 3.51. The van der Waals surface area contributed by atoms with Gasteiger partial charge in [0.15, 0.2) is 0 Å². The quantitative estimate of drug-likeness (QED) is 0.541. The first-order valence-electron chi connectivity index (χ1n) is 2.14. The van der Waals surface area contributed by atoms with E-state index in [9.17, 15) is 4.79 Å². The van der Waals surface area contributed by atoms with Crippen LogP contribution < -0.4 is 5.56 Å². The van der Waals surface area contributed by atoms with Crippen LogP contribution in [0.5, 0.6) is 0 Å². The Balaban J connectivity index is 3.11. The van der Waals surface area contributed by atoms with Gasteiger partial charge in [0.25, 0.3) is 5.56 Å². The highest BCUT2D eigenvalue weighted by molar-refractivity contribution is 7.98. The van der Waals surface area contributed by atoms with Gasteiger partial charge in [0.2, 0.25) is 0 Å². The van der Waals surface area contributed by atoms with Crippen molar-refractivity contribution >= 4 is 11.8 Å². The fourth-order valence-electron chi connectivity index (χ4n) is 0.446. The van der Waals surface area contributed by atoms with Gasteiger partial charge in [-0.15, -0.1) is 11.8 Å². The summed E-state index contributed by atoms with van der Waals surface area (Å²) in [5.74, 6) is 0. The van der Waals surface area contributed by atoms with Gasteiger partial charge < -0.3 is 5.10 Å². The number of aromatic nitrogens is 2. The molecule has 0 atom stereocenters. The average molecular weight is 130 g/mol. The molecule has 0 aliphatic rings. The average Bonchev–Trinajstić information content (AvgIpc) is 2.14. The Bertz CT molecular complexity index is 214. The molecule has 0 aliphatic heterocycles. The molecule has 1 aromatic rings. The van der Waals surface area contributed by atoms with Crippen molar-refractivity contribution < 1.29 is 0 Å². The molecule has 0 radical (unpaired) electrons. The van der Waals surface area contributed by atoms with Gasteiger partial charge in [0, 0.05) is 6.20 Å². The van der Waals surface area contributed by atoms with Gasteiger partial charge in [-0.3, -0.25) is 9.89 Å². The minimum Gasteiger partial charge on any atom is -0.304 e. The molecule has 0 unspecified atom stereocenters. The van der Waals surface area contributed by atoms with Gasteiger partial charge in [-0.1, -0.05) is 0 Å². The monoisotopic (exact) mass is 130 g/mol. The first kappa shape index (κ1) is 5.50. The zero-order chi connectivity index (χ0) is 5.98. The predicted molar refractivity (Wildman–Crippen MR) is 33.2 cm³/mol. The number of rotatable bonds is 1. The summed E-state index contributed by atoms with van der Waals surface area (Å²) in [5.41, 5.74) is -0.0440. The molecule has 0 saturated heterocycles. The number of thioether (sulfide) groups is 1. The third-order valence-corrected chi connectivity index (χ3v) is 1.58. The molecule has 0 bridgehead atoms. The highest BCUT2D eigenvalue weighted by atomic mass is 32.2. The van der Waals surface area contributed by atoms with Crippen molar-refractivity contribution in [1.29, 1.82) is 0 Å². The molecule has 0 saturated carbocycles. The normalized spacial score (nSPS) is 9.62. The number of hydrogen-bond acceptors (Lipinski definition) is 2. The maximum Gasteiger partial charge on any atom is 0.277 e. The SMILES string of the molecule is CSc1c[nH][nH]c1=O. The van der Waals surface area contributed by atoms with E-state index in [0.717, 1.165) is 4.90 Å². The molecule has 0 aliphatic carbocycles. The Morgan fingerprint density at radius 2 is 2.50 bits per heavy atom. The van der Waals surface area contributed by atoms with Crippen molar-refractivity contribution in [3.8, 4) is 0 Å². The van der Waals surface area contributed by atoms with E-state index in [-0.39, 0.29) is 5.56 Å². The molecule has 4 heteroatoms. The van der Waals surface area contributed by atoms with E-state index in [0.29, 0.717) is 0 Å². The lowest BCUT2D eigenvalue weighted by atomic mass is 10.7. The maximum atomic E-state index is 10.5. The van der Waals surface area contributed by atoms with Gasteiger partial charge in [0.05, 0.1) is 4.90 Å². The predicted octanol–water partition coefficient (Wildman–Crippen LogP) is 0.425. The van der Waals surface area contributed by atoms with Gasteiger partial charge in [-0.2, -0.15) is 0 Å². The maximum absolute atomic E-state index is 10.5. The van der Waals surface area contributed by atoms with E-state index < -0.39 is 0 Å². The van der Waals surface area contributed by atoms with Crippen LogP contribution in [0.1, 0.15) is 0 Å². The number of hydrogen-bond donors (Lipinski definition) is 2. The molecular formula is C4H6N2OS. The fraction of sp³-hybridized carbons (Fsp3) is 0.250. The molecule has 1 aromatic heterocycles. The van der Waals surface area contributed by atoms with Crippen molar-refractivity contribution in [2.24, 2.45) is 0 Å². The van der Waals surface area contributed by atoms with E-state index in [1.54, 1.807) is 6.20 Å². The molecule has 0 fully saturated rings. The lowest BCUT2D eigenvalue weighted by Crippen LogP contribution is -1.99. The topological polar surface area (TPSA) is 48.6 Å². The van der Waals surface area contributed by atoms with Gasteiger partial charge in [-0.05, 0) is 6.26 Å². The van der Waals surface area contributed by atoms with Crippen molar-refractivity contribution in [3.05, 3.63) is 16.6 Å². The number of H-pyrrole nitrogens is 2. The van der Waals surface area contributed by atoms with Crippen molar-refractivity contribution in [2.45, 2.75) is 4.90 Å². The number of nitrogens with one attached hydrogen (secondary N) is 2. The van der Waals surface area contributed by atoms with Crippen molar-refractivity contribution in [3.63, 3.8) is 0 Å². The summed E-state index contributed by atoms with van der Waals surface area (Å²) in [4.78, 5) is 11.3. The van der Waals surface area contributed by atoms with Crippen molar-refractivity contribution in [2.75, 3.05) is 6.26 Å². The third-order valence-electron chi connectivity index (χ3n) is 0.833. The van der Waals surface area contributed by atoms with Crippen LogP contribution >= 0.6 is 11.8 Å². The summed E-state index contributed by atoms with van der Waals surface area (Å²) in [5, 5.41) is 5.01. The van der Waals surface area contributed by atoms with E-state index in [4.69, 9.17) is 0 Å². The van der Waals surface area contributed by atoms with Crippen LogP contribution in [-0.4, -0.2) is 16.5 Å². The molecule has 0 spiro atoms. The highest BCUT2D eigenvalue weighted by Crippen LogP contribution is 2.03. The van der Waals surface area contributed by atoms with Crippen LogP contribution in [0.3, 0.4) is 0 Å². The van der Waals surface area contributed by atoms with E-state index in [1.807, 2.05) is 6.26 Å². The second kappa shape index (κ2) is 2.09. The summed E-state index contributed by atoms with van der Waals surface area (Å²) >= 11 is 1.43. The van der Waals surface area contributed by atoms with Crippen LogP contribution in [0.25, 0.3) is 0 Å². The van der Waals surface area contributed by atoms with Gasteiger partial charge in [-0.25, -0.2) is 0 Å². The molecule has 1 rings (SSSR count). The minimum absolute atomic E-state index is 0.0440. The fourth-order valence-corrected chi connectivity index (χ4v) is 0.859. The lowest BCUT2D eigenvalue weighted by molar-refractivity contribution is 1.05. The summed E-state index contributed by atoms with van der Waals surface area (Å²) in [7, 11) is 0. The Hall–Kier alpha value is -0.640. The second-order valence-electron chi connectivity index (χ2n) is 1.31. The van der Waals surface area contributed by atoms with Gasteiger partial charge >= 0.3 is 0 Å². The zero-order valence-corrected chi connectivity index (χ0v) is 5.21. The van der Waals surface area contributed by atoms with Crippen LogP contribution in [0.15, 0.2) is 15.9 Å². The summed E-state index contributed by atoms with van der Waals surface area (Å²) in [6.45, 7) is 0. The highest BCUT2D eigenvalue weighted by Gasteiger charge is 1.93. The van der Waals surface area contributed by atoms with Crippen LogP contribution in [0.4, 0.5) is 0 Å². The first-order chi connectivity index (χ1) is 3.84. The Kier molecular flexibility index (Phi) is 1.43. The lowest BCUT2D eigenvalue weighted by Gasteiger charge is -1.76. The van der Waals surface area contributed by atoms with E-state index >= 15 is 0 Å².